The van der Waals surface area contributed by atoms with Gasteiger partial charge in [-0.25, -0.2) is 0 Å². The zero-order valence-electron chi connectivity index (χ0n) is 8.93. The van der Waals surface area contributed by atoms with Gasteiger partial charge in [0, 0.05) is 5.56 Å². The molecule has 1 atom stereocenters. The van der Waals surface area contributed by atoms with E-state index in [1.54, 1.807) is 0 Å². The third-order valence-electron chi connectivity index (χ3n) is 2.20. The fourth-order valence-electron chi connectivity index (χ4n) is 1.35. The molecular formula is C11H11F5O. The molecule has 0 aliphatic heterocycles. The first-order valence-corrected chi connectivity index (χ1v) is 4.86. The lowest BCUT2D eigenvalue weighted by Crippen LogP contribution is -2.33. The Balaban J connectivity index is 2.95. The minimum absolute atomic E-state index is 0.206. The van der Waals surface area contributed by atoms with E-state index in [2.05, 4.69) is 0 Å². The van der Waals surface area contributed by atoms with Gasteiger partial charge in [-0.1, -0.05) is 24.3 Å². The van der Waals surface area contributed by atoms with Crippen molar-refractivity contribution in [2.45, 2.75) is 31.5 Å². The standard InChI is InChI=1S/C11H11F5O/c1-7(17)6-8-2-4-9(5-3-8)10(12,13)11(14,15)16/h2-5,7,17H,6H2,1H3/t7-/m0/s1. The highest BCUT2D eigenvalue weighted by molar-refractivity contribution is 5.27. The molecule has 0 heterocycles. The summed E-state index contributed by atoms with van der Waals surface area (Å²) in [7, 11) is 0. The minimum atomic E-state index is -5.60. The fraction of sp³-hybridized carbons (Fsp3) is 0.455. The first-order chi connectivity index (χ1) is 7.64. The van der Waals surface area contributed by atoms with Crippen LogP contribution in [0.25, 0.3) is 0 Å². The summed E-state index contributed by atoms with van der Waals surface area (Å²) in [4.78, 5) is 0. The van der Waals surface area contributed by atoms with Crippen molar-refractivity contribution in [1.29, 1.82) is 0 Å². The number of rotatable bonds is 3. The molecule has 0 radical (unpaired) electrons. The van der Waals surface area contributed by atoms with E-state index in [1.807, 2.05) is 0 Å². The van der Waals surface area contributed by atoms with Crippen LogP contribution in [-0.2, 0) is 12.3 Å². The van der Waals surface area contributed by atoms with Crippen LogP contribution in [-0.4, -0.2) is 17.4 Å². The normalized spacial score (nSPS) is 14.8. The Hall–Kier alpha value is -1.17. The molecule has 6 heteroatoms. The van der Waals surface area contributed by atoms with E-state index in [1.165, 1.54) is 6.92 Å². The molecular weight excluding hydrogens is 243 g/mol. The zero-order valence-corrected chi connectivity index (χ0v) is 8.93. The number of aliphatic hydroxyl groups is 1. The largest absolute Gasteiger partial charge is 0.458 e. The van der Waals surface area contributed by atoms with Crippen molar-refractivity contribution in [3.05, 3.63) is 35.4 Å². The minimum Gasteiger partial charge on any atom is -0.393 e. The summed E-state index contributed by atoms with van der Waals surface area (Å²) in [6, 6.07) is 3.76. The quantitative estimate of drug-likeness (QED) is 0.821. The second kappa shape index (κ2) is 4.60. The molecule has 17 heavy (non-hydrogen) atoms. The molecule has 0 aliphatic rings. The van der Waals surface area contributed by atoms with Crippen molar-refractivity contribution >= 4 is 0 Å². The summed E-state index contributed by atoms with van der Waals surface area (Å²) in [5, 5.41) is 9.04. The number of benzene rings is 1. The van der Waals surface area contributed by atoms with Crippen LogP contribution >= 0.6 is 0 Å². The van der Waals surface area contributed by atoms with E-state index in [-0.39, 0.29) is 6.42 Å². The Morgan fingerprint density at radius 2 is 1.53 bits per heavy atom. The van der Waals surface area contributed by atoms with E-state index >= 15 is 0 Å². The Kier molecular flexibility index (Phi) is 3.76. The molecule has 0 saturated carbocycles. The number of hydrogen-bond donors (Lipinski definition) is 1. The lowest BCUT2D eigenvalue weighted by atomic mass is 10.0. The first-order valence-electron chi connectivity index (χ1n) is 4.86. The monoisotopic (exact) mass is 254 g/mol. The Labute approximate surface area is 94.9 Å². The SMILES string of the molecule is C[C@H](O)Cc1ccc(C(F)(F)C(F)(F)F)cc1. The highest BCUT2D eigenvalue weighted by Gasteiger charge is 2.58. The Morgan fingerprint density at radius 1 is 1.06 bits per heavy atom. The number of hydrogen-bond acceptors (Lipinski definition) is 1. The molecule has 0 fully saturated rings. The molecule has 0 bridgehead atoms. The van der Waals surface area contributed by atoms with E-state index < -0.39 is 23.8 Å². The smallest absolute Gasteiger partial charge is 0.393 e. The van der Waals surface area contributed by atoms with E-state index in [4.69, 9.17) is 5.11 Å². The molecule has 0 amide bonds. The predicted octanol–water partition coefficient (Wildman–Crippen LogP) is 3.26. The van der Waals surface area contributed by atoms with Gasteiger partial charge in [-0.3, -0.25) is 0 Å². The topological polar surface area (TPSA) is 20.2 Å². The molecule has 0 aliphatic carbocycles. The number of alkyl halides is 5. The second-order valence-electron chi connectivity index (χ2n) is 3.82. The Morgan fingerprint density at radius 3 is 1.88 bits per heavy atom. The van der Waals surface area contributed by atoms with Crippen LogP contribution in [0.5, 0.6) is 0 Å². The van der Waals surface area contributed by atoms with Crippen LogP contribution < -0.4 is 0 Å². The summed E-state index contributed by atoms with van der Waals surface area (Å²) >= 11 is 0. The third-order valence-corrected chi connectivity index (χ3v) is 2.20. The highest BCUT2D eigenvalue weighted by atomic mass is 19.4. The van der Waals surface area contributed by atoms with Crippen molar-refractivity contribution in [1.82, 2.24) is 0 Å². The van der Waals surface area contributed by atoms with Gasteiger partial charge in [-0.05, 0) is 18.9 Å². The summed E-state index contributed by atoms with van der Waals surface area (Å²) in [5.74, 6) is -4.85. The average molecular weight is 254 g/mol. The van der Waals surface area contributed by atoms with Gasteiger partial charge in [0.2, 0.25) is 0 Å². The highest BCUT2D eigenvalue weighted by Crippen LogP contribution is 2.43. The zero-order chi connectivity index (χ0) is 13.3. The van der Waals surface area contributed by atoms with Crippen molar-refractivity contribution in [2.75, 3.05) is 0 Å². The molecule has 0 saturated heterocycles. The molecule has 1 N–H and O–H groups in total. The van der Waals surface area contributed by atoms with Crippen LogP contribution in [0.15, 0.2) is 24.3 Å². The van der Waals surface area contributed by atoms with Gasteiger partial charge < -0.3 is 5.11 Å². The molecule has 0 aromatic heterocycles. The fourth-order valence-corrected chi connectivity index (χ4v) is 1.35. The number of halogens is 5. The molecule has 0 spiro atoms. The first kappa shape index (κ1) is 13.9. The van der Waals surface area contributed by atoms with E-state index in [0.717, 1.165) is 24.3 Å². The maximum absolute atomic E-state index is 12.9. The lowest BCUT2D eigenvalue weighted by molar-refractivity contribution is -0.289. The van der Waals surface area contributed by atoms with Crippen molar-refractivity contribution < 1.29 is 27.1 Å². The average Bonchev–Trinajstić information content (AvgIpc) is 2.15. The van der Waals surface area contributed by atoms with Crippen LogP contribution in [0.2, 0.25) is 0 Å². The lowest BCUT2D eigenvalue weighted by Gasteiger charge is -2.20. The van der Waals surface area contributed by atoms with Gasteiger partial charge in [0.25, 0.3) is 0 Å². The van der Waals surface area contributed by atoms with Crippen LogP contribution in [0.3, 0.4) is 0 Å². The second-order valence-corrected chi connectivity index (χ2v) is 3.82. The molecule has 0 unspecified atom stereocenters. The molecule has 96 valence electrons. The van der Waals surface area contributed by atoms with Gasteiger partial charge in [0.1, 0.15) is 0 Å². The van der Waals surface area contributed by atoms with Crippen LogP contribution in [0, 0.1) is 0 Å². The van der Waals surface area contributed by atoms with Gasteiger partial charge in [0.05, 0.1) is 6.10 Å². The molecule has 1 rings (SSSR count). The van der Waals surface area contributed by atoms with Gasteiger partial charge >= 0.3 is 12.1 Å². The molecule has 1 nitrogen and oxygen atoms in total. The summed E-state index contributed by atoms with van der Waals surface area (Å²) in [6.45, 7) is 1.50. The predicted molar refractivity (Wildman–Crippen MR) is 51.8 cm³/mol. The summed E-state index contributed by atoms with van der Waals surface area (Å²) in [6.07, 6.45) is -6.07. The van der Waals surface area contributed by atoms with E-state index in [9.17, 15) is 22.0 Å². The maximum Gasteiger partial charge on any atom is 0.458 e. The summed E-state index contributed by atoms with van der Waals surface area (Å²) < 4.78 is 61.9. The maximum atomic E-state index is 12.9. The number of aliphatic hydroxyl groups excluding tert-OH is 1. The summed E-state index contributed by atoms with van der Waals surface area (Å²) in [5.41, 5.74) is -0.596. The molecule has 1 aromatic carbocycles. The van der Waals surface area contributed by atoms with Crippen LogP contribution in [0.1, 0.15) is 18.1 Å². The third kappa shape index (κ3) is 3.15. The van der Waals surface area contributed by atoms with Gasteiger partial charge in [-0.2, -0.15) is 22.0 Å². The van der Waals surface area contributed by atoms with Crippen LogP contribution in [0.4, 0.5) is 22.0 Å². The van der Waals surface area contributed by atoms with Crippen molar-refractivity contribution in [3.63, 3.8) is 0 Å². The van der Waals surface area contributed by atoms with E-state index in [0.29, 0.717) is 5.56 Å². The van der Waals surface area contributed by atoms with Crippen molar-refractivity contribution in [3.8, 4) is 0 Å². The van der Waals surface area contributed by atoms with Gasteiger partial charge in [0.15, 0.2) is 0 Å². The van der Waals surface area contributed by atoms with Crippen molar-refractivity contribution in [2.24, 2.45) is 0 Å². The molecule has 1 aromatic rings. The van der Waals surface area contributed by atoms with Gasteiger partial charge in [-0.15, -0.1) is 0 Å². The Bertz CT molecular complexity index is 366.